The molecule has 1 heterocycles. The first kappa shape index (κ1) is 11.7. The van der Waals surface area contributed by atoms with Crippen LogP contribution in [0.5, 0.6) is 0 Å². The summed E-state index contributed by atoms with van der Waals surface area (Å²) >= 11 is 4.81. The summed E-state index contributed by atoms with van der Waals surface area (Å²) in [5.74, 6) is -0.308. The van der Waals surface area contributed by atoms with E-state index >= 15 is 0 Å². The highest BCUT2D eigenvalue weighted by Crippen LogP contribution is 2.09. The molecule has 5 heteroatoms. The van der Waals surface area contributed by atoms with Crippen molar-refractivity contribution in [2.24, 2.45) is 0 Å². The average Bonchev–Trinajstić information content (AvgIpc) is 2.58. The number of rotatable bonds is 3. The number of ketones is 1. The van der Waals surface area contributed by atoms with Crippen molar-refractivity contribution in [3.8, 4) is 0 Å². The molecule has 1 atom stereocenters. The zero-order valence-corrected chi connectivity index (χ0v) is 10.1. The second kappa shape index (κ2) is 4.63. The van der Waals surface area contributed by atoms with Crippen LogP contribution in [0.2, 0.25) is 0 Å². The van der Waals surface area contributed by atoms with E-state index < -0.39 is 6.04 Å². The molecule has 1 aliphatic rings. The van der Waals surface area contributed by atoms with Crippen LogP contribution in [0.4, 0.5) is 0 Å². The zero-order chi connectivity index (χ0) is 12.4. The lowest BCUT2D eigenvalue weighted by atomic mass is 10.0. The Morgan fingerprint density at radius 1 is 1.35 bits per heavy atom. The molecule has 1 aromatic rings. The second-order valence-corrected chi connectivity index (χ2v) is 4.42. The molecule has 17 heavy (non-hydrogen) atoms. The molecule has 88 valence electrons. The molecule has 0 radical (unpaired) electrons. The monoisotopic (exact) mass is 248 g/mol. The highest BCUT2D eigenvalue weighted by atomic mass is 32.1. The van der Waals surface area contributed by atoms with Crippen molar-refractivity contribution in [3.63, 3.8) is 0 Å². The first-order valence-electron chi connectivity index (χ1n) is 5.27. The van der Waals surface area contributed by atoms with E-state index in [1.165, 1.54) is 0 Å². The van der Waals surface area contributed by atoms with Crippen molar-refractivity contribution >= 4 is 29.0 Å². The number of amides is 1. The first-order valence-corrected chi connectivity index (χ1v) is 5.68. The number of thiocarbonyl (C=S) groups is 1. The molecule has 0 aromatic heterocycles. The number of aryl methyl sites for hydroxylation is 1. The normalized spacial score (nSPS) is 18.8. The average molecular weight is 248 g/mol. The number of carbonyl (C=O) groups excluding carboxylic acids is 2. The predicted octanol–water partition coefficient (Wildman–Crippen LogP) is 0.941. The summed E-state index contributed by atoms with van der Waals surface area (Å²) in [5.41, 5.74) is 1.71. The SMILES string of the molecule is Cc1ccc(C(=O)C[C@H]2NC(=S)NC2=O)cc1. The fourth-order valence-electron chi connectivity index (χ4n) is 1.65. The van der Waals surface area contributed by atoms with Crippen LogP contribution >= 0.6 is 12.2 Å². The van der Waals surface area contributed by atoms with Crippen LogP contribution in [-0.2, 0) is 4.79 Å². The van der Waals surface area contributed by atoms with Gasteiger partial charge in [0, 0.05) is 12.0 Å². The molecule has 1 saturated heterocycles. The molecule has 4 nitrogen and oxygen atoms in total. The maximum Gasteiger partial charge on any atom is 0.249 e. The van der Waals surface area contributed by atoms with Gasteiger partial charge in [-0.2, -0.15) is 0 Å². The number of carbonyl (C=O) groups is 2. The van der Waals surface area contributed by atoms with Gasteiger partial charge in [0.2, 0.25) is 5.91 Å². The standard InChI is InChI=1S/C12H12N2O2S/c1-7-2-4-8(5-3-7)10(15)6-9-11(16)14-12(17)13-9/h2-5,9H,6H2,1H3,(H2,13,14,16,17)/t9-/m1/s1. The van der Waals surface area contributed by atoms with Crippen molar-refractivity contribution < 1.29 is 9.59 Å². The van der Waals surface area contributed by atoms with Gasteiger partial charge >= 0.3 is 0 Å². The highest BCUT2D eigenvalue weighted by Gasteiger charge is 2.29. The maximum absolute atomic E-state index is 11.9. The van der Waals surface area contributed by atoms with Gasteiger partial charge < -0.3 is 10.6 Å². The summed E-state index contributed by atoms with van der Waals surface area (Å²) in [6.45, 7) is 1.96. The van der Waals surface area contributed by atoms with Gasteiger partial charge in [0.15, 0.2) is 10.9 Å². The molecule has 0 spiro atoms. The summed E-state index contributed by atoms with van der Waals surface area (Å²) in [7, 11) is 0. The van der Waals surface area contributed by atoms with Crippen LogP contribution in [0.3, 0.4) is 0 Å². The molecule has 1 aromatic carbocycles. The number of hydrogen-bond donors (Lipinski definition) is 2. The van der Waals surface area contributed by atoms with Gasteiger partial charge in [-0.15, -0.1) is 0 Å². The zero-order valence-electron chi connectivity index (χ0n) is 9.32. The van der Waals surface area contributed by atoms with E-state index in [1.54, 1.807) is 12.1 Å². The first-order chi connectivity index (χ1) is 8.06. The minimum Gasteiger partial charge on any atom is -0.350 e. The van der Waals surface area contributed by atoms with Crippen LogP contribution in [0, 0.1) is 6.92 Å². The fourth-order valence-corrected chi connectivity index (χ4v) is 1.89. The van der Waals surface area contributed by atoms with Crippen LogP contribution in [0.15, 0.2) is 24.3 Å². The van der Waals surface area contributed by atoms with Gasteiger partial charge in [-0.25, -0.2) is 0 Å². The summed E-state index contributed by atoms with van der Waals surface area (Å²) in [6.07, 6.45) is 0.120. The fraction of sp³-hybridized carbons (Fsp3) is 0.250. The largest absolute Gasteiger partial charge is 0.350 e. The third-order valence-corrected chi connectivity index (χ3v) is 2.84. The van der Waals surface area contributed by atoms with E-state index in [0.29, 0.717) is 5.56 Å². The molecule has 2 rings (SSSR count). The van der Waals surface area contributed by atoms with Crippen molar-refractivity contribution in [3.05, 3.63) is 35.4 Å². The molecule has 0 bridgehead atoms. The third-order valence-electron chi connectivity index (χ3n) is 2.62. The van der Waals surface area contributed by atoms with Crippen molar-refractivity contribution in [1.82, 2.24) is 10.6 Å². The third kappa shape index (κ3) is 2.68. The Kier molecular flexibility index (Phi) is 3.19. The van der Waals surface area contributed by atoms with Gasteiger partial charge in [0.05, 0.1) is 0 Å². The number of Topliss-reactive ketones (excluding diaryl/α,β-unsaturated/α-hetero) is 1. The van der Waals surface area contributed by atoms with E-state index in [0.717, 1.165) is 5.56 Å². The second-order valence-electron chi connectivity index (χ2n) is 4.01. The minimum absolute atomic E-state index is 0.0673. The molecule has 0 aliphatic carbocycles. The summed E-state index contributed by atoms with van der Waals surface area (Å²) in [4.78, 5) is 23.3. The van der Waals surface area contributed by atoms with Crippen LogP contribution in [-0.4, -0.2) is 22.8 Å². The Morgan fingerprint density at radius 2 is 2.00 bits per heavy atom. The van der Waals surface area contributed by atoms with Crippen LogP contribution in [0.1, 0.15) is 22.3 Å². The Hall–Kier alpha value is -1.75. The Labute approximate surface area is 104 Å². The van der Waals surface area contributed by atoms with Gasteiger partial charge in [-0.1, -0.05) is 29.8 Å². The summed E-state index contributed by atoms with van der Waals surface area (Å²) in [5, 5.41) is 5.52. The predicted molar refractivity (Wildman–Crippen MR) is 67.8 cm³/mol. The van der Waals surface area contributed by atoms with Crippen molar-refractivity contribution in [1.29, 1.82) is 0 Å². The number of hydrogen-bond acceptors (Lipinski definition) is 3. The summed E-state index contributed by atoms with van der Waals surface area (Å²) in [6, 6.07) is 6.74. The molecule has 2 N–H and O–H groups in total. The van der Waals surface area contributed by atoms with E-state index in [9.17, 15) is 9.59 Å². The minimum atomic E-state index is -0.545. The smallest absolute Gasteiger partial charge is 0.249 e. The van der Waals surface area contributed by atoms with Crippen molar-refractivity contribution in [2.75, 3.05) is 0 Å². The lowest BCUT2D eigenvalue weighted by molar-refractivity contribution is -0.120. The molecule has 1 amide bonds. The Balaban J connectivity index is 2.04. The van der Waals surface area contributed by atoms with E-state index in [2.05, 4.69) is 10.6 Å². The van der Waals surface area contributed by atoms with Crippen LogP contribution < -0.4 is 10.6 Å². The topological polar surface area (TPSA) is 58.2 Å². The highest BCUT2D eigenvalue weighted by molar-refractivity contribution is 7.80. The molecule has 1 fully saturated rings. The van der Waals surface area contributed by atoms with Gasteiger partial charge in [0.25, 0.3) is 0 Å². The lowest BCUT2D eigenvalue weighted by Crippen LogP contribution is -2.31. The van der Waals surface area contributed by atoms with Gasteiger partial charge in [-0.05, 0) is 19.1 Å². The Morgan fingerprint density at radius 3 is 2.53 bits per heavy atom. The molecular weight excluding hydrogens is 236 g/mol. The van der Waals surface area contributed by atoms with E-state index in [1.807, 2.05) is 19.1 Å². The van der Waals surface area contributed by atoms with Gasteiger partial charge in [0.1, 0.15) is 6.04 Å². The number of benzene rings is 1. The molecule has 1 aliphatic heterocycles. The molecule has 0 saturated carbocycles. The quantitative estimate of drug-likeness (QED) is 0.617. The maximum atomic E-state index is 11.9. The summed E-state index contributed by atoms with van der Waals surface area (Å²) < 4.78 is 0. The Bertz CT molecular complexity index is 482. The lowest BCUT2D eigenvalue weighted by Gasteiger charge is -2.06. The van der Waals surface area contributed by atoms with Gasteiger partial charge in [-0.3, -0.25) is 9.59 Å². The van der Waals surface area contributed by atoms with Crippen molar-refractivity contribution in [2.45, 2.75) is 19.4 Å². The molecule has 0 unspecified atom stereocenters. The van der Waals surface area contributed by atoms with E-state index in [4.69, 9.17) is 12.2 Å². The van der Waals surface area contributed by atoms with Crippen LogP contribution in [0.25, 0.3) is 0 Å². The van der Waals surface area contributed by atoms with E-state index in [-0.39, 0.29) is 23.2 Å². The number of nitrogens with one attached hydrogen (secondary N) is 2. The molecular formula is C12H12N2O2S.